The number of rotatable bonds is 5. The maximum atomic E-state index is 11.8. The van der Waals surface area contributed by atoms with Crippen molar-refractivity contribution in [2.45, 2.75) is 31.6 Å². The van der Waals surface area contributed by atoms with Gasteiger partial charge in [0.1, 0.15) is 0 Å². The molecule has 2 rings (SSSR count). The van der Waals surface area contributed by atoms with Crippen LogP contribution in [0.5, 0.6) is 0 Å². The van der Waals surface area contributed by atoms with E-state index in [-0.39, 0.29) is 5.91 Å². The lowest BCUT2D eigenvalue weighted by molar-refractivity contribution is -0.113. The van der Waals surface area contributed by atoms with Crippen molar-refractivity contribution in [3.8, 4) is 0 Å². The lowest BCUT2D eigenvalue weighted by atomic mass is 10.1. The van der Waals surface area contributed by atoms with Gasteiger partial charge in [0.05, 0.1) is 5.75 Å². The Balaban J connectivity index is 1.84. The number of aromatic nitrogens is 2. The van der Waals surface area contributed by atoms with E-state index in [1.165, 1.54) is 17.3 Å². The molecule has 0 saturated heterocycles. The monoisotopic (exact) mass is 289 g/mol. The molecule has 0 unspecified atom stereocenters. The molecule has 0 aliphatic rings. The third-order valence-corrected chi connectivity index (χ3v) is 3.89. The highest BCUT2D eigenvalue weighted by Crippen LogP contribution is 2.19. The van der Waals surface area contributed by atoms with E-state index in [1.54, 1.807) is 0 Å². The number of aryl methyl sites for hydroxylation is 1. The zero-order chi connectivity index (χ0) is 14.5. The van der Waals surface area contributed by atoms with E-state index in [4.69, 9.17) is 0 Å². The SMILES string of the molecule is Cc1ccc(SCC(=O)Nc2cc(C(C)C)[nH]n2)cc1. The Morgan fingerprint density at radius 1 is 1.35 bits per heavy atom. The molecule has 20 heavy (non-hydrogen) atoms. The number of thioether (sulfide) groups is 1. The molecule has 0 saturated carbocycles. The number of nitrogens with one attached hydrogen (secondary N) is 2. The molecule has 0 spiro atoms. The second kappa shape index (κ2) is 6.61. The van der Waals surface area contributed by atoms with Gasteiger partial charge < -0.3 is 5.32 Å². The largest absolute Gasteiger partial charge is 0.308 e. The lowest BCUT2D eigenvalue weighted by Crippen LogP contribution is -2.14. The highest BCUT2D eigenvalue weighted by atomic mass is 32.2. The van der Waals surface area contributed by atoms with Gasteiger partial charge in [-0.15, -0.1) is 11.8 Å². The van der Waals surface area contributed by atoms with E-state index in [0.29, 0.717) is 17.5 Å². The van der Waals surface area contributed by atoms with Gasteiger partial charge in [-0.2, -0.15) is 5.10 Å². The number of carbonyl (C=O) groups is 1. The molecule has 2 N–H and O–H groups in total. The van der Waals surface area contributed by atoms with Crippen LogP contribution in [0.15, 0.2) is 35.2 Å². The molecule has 1 heterocycles. The summed E-state index contributed by atoms with van der Waals surface area (Å²) in [5.74, 6) is 1.29. The Bertz CT molecular complexity index is 575. The number of anilines is 1. The van der Waals surface area contributed by atoms with Crippen LogP contribution in [-0.4, -0.2) is 21.9 Å². The van der Waals surface area contributed by atoms with E-state index in [9.17, 15) is 4.79 Å². The predicted molar refractivity (Wildman–Crippen MR) is 83.2 cm³/mol. The van der Waals surface area contributed by atoms with Crippen LogP contribution in [-0.2, 0) is 4.79 Å². The van der Waals surface area contributed by atoms with Gasteiger partial charge in [0.15, 0.2) is 5.82 Å². The molecule has 0 bridgehead atoms. The summed E-state index contributed by atoms with van der Waals surface area (Å²) >= 11 is 1.52. The van der Waals surface area contributed by atoms with Crippen LogP contribution in [0.1, 0.15) is 31.0 Å². The van der Waals surface area contributed by atoms with Gasteiger partial charge in [0.25, 0.3) is 0 Å². The molecule has 1 aromatic heterocycles. The second-order valence-corrected chi connectivity index (χ2v) is 6.06. The summed E-state index contributed by atoms with van der Waals surface area (Å²) in [5, 5.41) is 9.79. The summed E-state index contributed by atoms with van der Waals surface area (Å²) in [7, 11) is 0. The minimum atomic E-state index is -0.0441. The molecule has 0 atom stereocenters. The summed E-state index contributed by atoms with van der Waals surface area (Å²) in [6.45, 7) is 6.20. The molecule has 4 nitrogen and oxygen atoms in total. The highest BCUT2D eigenvalue weighted by molar-refractivity contribution is 8.00. The van der Waals surface area contributed by atoms with Gasteiger partial charge in [0.2, 0.25) is 5.91 Å². The first-order valence-corrected chi connectivity index (χ1v) is 7.58. The lowest BCUT2D eigenvalue weighted by Gasteiger charge is -2.02. The van der Waals surface area contributed by atoms with Crippen LogP contribution < -0.4 is 5.32 Å². The van der Waals surface area contributed by atoms with Gasteiger partial charge >= 0.3 is 0 Å². The van der Waals surface area contributed by atoms with E-state index >= 15 is 0 Å². The second-order valence-electron chi connectivity index (χ2n) is 5.01. The molecular formula is C15H19N3OS. The fraction of sp³-hybridized carbons (Fsp3) is 0.333. The Morgan fingerprint density at radius 2 is 2.05 bits per heavy atom. The molecular weight excluding hydrogens is 270 g/mol. The van der Waals surface area contributed by atoms with E-state index in [0.717, 1.165) is 10.6 Å². The van der Waals surface area contributed by atoms with Gasteiger partial charge in [-0.3, -0.25) is 9.89 Å². The molecule has 5 heteroatoms. The zero-order valence-electron chi connectivity index (χ0n) is 11.9. The van der Waals surface area contributed by atoms with Gasteiger partial charge in [-0.25, -0.2) is 0 Å². The van der Waals surface area contributed by atoms with Gasteiger partial charge in [-0.05, 0) is 25.0 Å². The smallest absolute Gasteiger partial charge is 0.235 e. The number of carbonyl (C=O) groups excluding carboxylic acids is 1. The van der Waals surface area contributed by atoms with Crippen molar-refractivity contribution in [1.82, 2.24) is 10.2 Å². The van der Waals surface area contributed by atoms with E-state index in [1.807, 2.05) is 37.3 Å². The van der Waals surface area contributed by atoms with Crippen molar-refractivity contribution < 1.29 is 4.79 Å². The number of H-pyrrole nitrogens is 1. The molecule has 106 valence electrons. The minimum absolute atomic E-state index is 0.0441. The number of hydrogen-bond acceptors (Lipinski definition) is 3. The fourth-order valence-corrected chi connectivity index (χ4v) is 2.36. The number of nitrogens with zero attached hydrogens (tertiary/aromatic N) is 1. The molecule has 0 aliphatic carbocycles. The van der Waals surface area contributed by atoms with Crippen LogP contribution >= 0.6 is 11.8 Å². The predicted octanol–water partition coefficient (Wildman–Crippen LogP) is 3.57. The Hall–Kier alpha value is -1.75. The maximum absolute atomic E-state index is 11.8. The molecule has 0 aliphatic heterocycles. The topological polar surface area (TPSA) is 57.8 Å². The molecule has 2 aromatic rings. The average molecular weight is 289 g/mol. The quantitative estimate of drug-likeness (QED) is 0.827. The summed E-state index contributed by atoms with van der Waals surface area (Å²) in [6, 6.07) is 10.0. The Kier molecular flexibility index (Phi) is 4.84. The van der Waals surface area contributed by atoms with E-state index in [2.05, 4.69) is 29.4 Å². The first kappa shape index (κ1) is 14.7. The van der Waals surface area contributed by atoms with Crippen LogP contribution in [0.3, 0.4) is 0 Å². The fourth-order valence-electron chi connectivity index (χ4n) is 1.66. The first-order valence-electron chi connectivity index (χ1n) is 6.59. The number of aromatic amines is 1. The maximum Gasteiger partial charge on any atom is 0.235 e. The molecule has 0 fully saturated rings. The molecule has 0 radical (unpaired) electrons. The number of benzene rings is 1. The Morgan fingerprint density at radius 3 is 2.65 bits per heavy atom. The van der Waals surface area contributed by atoms with E-state index < -0.39 is 0 Å². The number of amides is 1. The third kappa shape index (κ3) is 4.13. The normalized spacial score (nSPS) is 10.8. The minimum Gasteiger partial charge on any atom is -0.308 e. The van der Waals surface area contributed by atoms with Crippen molar-refractivity contribution >= 4 is 23.5 Å². The summed E-state index contributed by atoms with van der Waals surface area (Å²) in [4.78, 5) is 12.9. The zero-order valence-corrected chi connectivity index (χ0v) is 12.8. The summed E-state index contributed by atoms with van der Waals surface area (Å²) in [6.07, 6.45) is 0. The summed E-state index contributed by atoms with van der Waals surface area (Å²) < 4.78 is 0. The Labute approximate surface area is 123 Å². The van der Waals surface area contributed by atoms with Crippen LogP contribution in [0.2, 0.25) is 0 Å². The van der Waals surface area contributed by atoms with Crippen LogP contribution in [0, 0.1) is 6.92 Å². The first-order chi connectivity index (χ1) is 9.54. The average Bonchev–Trinajstić information content (AvgIpc) is 2.87. The van der Waals surface area contributed by atoms with Crippen molar-refractivity contribution in [2.24, 2.45) is 0 Å². The van der Waals surface area contributed by atoms with Crippen molar-refractivity contribution in [2.75, 3.05) is 11.1 Å². The van der Waals surface area contributed by atoms with Crippen molar-refractivity contribution in [3.05, 3.63) is 41.6 Å². The van der Waals surface area contributed by atoms with Gasteiger partial charge in [0, 0.05) is 16.7 Å². The van der Waals surface area contributed by atoms with Crippen molar-refractivity contribution in [3.63, 3.8) is 0 Å². The molecule has 1 amide bonds. The van der Waals surface area contributed by atoms with Crippen LogP contribution in [0.25, 0.3) is 0 Å². The van der Waals surface area contributed by atoms with Crippen LogP contribution in [0.4, 0.5) is 5.82 Å². The molecule has 1 aromatic carbocycles. The summed E-state index contributed by atoms with van der Waals surface area (Å²) in [5.41, 5.74) is 2.24. The van der Waals surface area contributed by atoms with Crippen molar-refractivity contribution in [1.29, 1.82) is 0 Å². The third-order valence-electron chi connectivity index (χ3n) is 2.88. The standard InChI is InChI=1S/C15H19N3OS/c1-10(2)13-8-14(18-17-13)16-15(19)9-20-12-6-4-11(3)5-7-12/h4-8,10H,9H2,1-3H3,(H2,16,17,18,19). The highest BCUT2D eigenvalue weighted by Gasteiger charge is 2.08. The number of hydrogen-bond donors (Lipinski definition) is 2. The van der Waals surface area contributed by atoms with Gasteiger partial charge in [-0.1, -0.05) is 31.5 Å².